The molecule has 0 unspecified atom stereocenters. The van der Waals surface area contributed by atoms with Gasteiger partial charge in [-0.05, 0) is 42.9 Å². The van der Waals surface area contributed by atoms with Crippen LogP contribution in [-0.2, 0) is 14.3 Å². The maximum atomic E-state index is 11.5. The molecule has 0 aromatic heterocycles. The molecule has 0 spiro atoms. The van der Waals surface area contributed by atoms with Crippen LogP contribution in [0.25, 0.3) is 0 Å². The van der Waals surface area contributed by atoms with Crippen LogP contribution in [0.1, 0.15) is 151 Å². The summed E-state index contributed by atoms with van der Waals surface area (Å²) in [4.78, 5) is 21.7. The summed E-state index contributed by atoms with van der Waals surface area (Å²) in [5, 5.41) is 8.37. The van der Waals surface area contributed by atoms with E-state index in [4.69, 9.17) is 9.84 Å². The van der Waals surface area contributed by atoms with E-state index < -0.39 is 5.97 Å². The number of hydrogen-bond donors (Lipinski definition) is 1. The summed E-state index contributed by atoms with van der Waals surface area (Å²) >= 11 is 0. The van der Waals surface area contributed by atoms with E-state index in [0.29, 0.717) is 30.3 Å². The normalized spacial score (nSPS) is 11.6. The second-order valence-corrected chi connectivity index (χ2v) is 11.6. The van der Waals surface area contributed by atoms with Crippen LogP contribution < -0.4 is 0 Å². The van der Waals surface area contributed by atoms with Crippen LogP contribution in [-0.4, -0.2) is 23.7 Å². The van der Waals surface area contributed by atoms with Gasteiger partial charge in [-0.1, -0.05) is 106 Å². The summed E-state index contributed by atoms with van der Waals surface area (Å²) in [5.74, 6) is -0.680. The van der Waals surface area contributed by atoms with Gasteiger partial charge in [0, 0.05) is 12.8 Å². The van der Waals surface area contributed by atoms with Crippen molar-refractivity contribution in [2.45, 2.75) is 151 Å². The zero-order valence-corrected chi connectivity index (χ0v) is 22.7. The molecule has 0 saturated carbocycles. The fourth-order valence-electron chi connectivity index (χ4n) is 3.35. The maximum absolute atomic E-state index is 11.5. The summed E-state index contributed by atoms with van der Waals surface area (Å²) in [7, 11) is 0. The third-order valence-electron chi connectivity index (χ3n) is 5.39. The smallest absolute Gasteiger partial charge is 0.305 e. The third kappa shape index (κ3) is 33.6. The lowest BCUT2D eigenvalue weighted by Crippen LogP contribution is -2.06. The van der Waals surface area contributed by atoms with E-state index in [9.17, 15) is 9.59 Å². The molecule has 192 valence electrons. The van der Waals surface area contributed by atoms with E-state index in [1.807, 2.05) is 0 Å². The first-order valence-electron chi connectivity index (χ1n) is 13.2. The molecule has 0 aliphatic carbocycles. The molecule has 0 bridgehead atoms. The number of ether oxygens (including phenoxy) is 1. The first-order chi connectivity index (χ1) is 14.9. The fourth-order valence-corrected chi connectivity index (χ4v) is 3.35. The Labute approximate surface area is 200 Å². The number of carboxylic acids is 1. The van der Waals surface area contributed by atoms with Crippen LogP contribution in [0.3, 0.4) is 0 Å². The second-order valence-electron chi connectivity index (χ2n) is 11.6. The number of carbonyl (C=O) groups excluding carboxylic acids is 1. The maximum Gasteiger partial charge on any atom is 0.305 e. The molecule has 0 amide bonds. The van der Waals surface area contributed by atoms with Crippen LogP contribution in [0.2, 0.25) is 0 Å². The number of esters is 1. The van der Waals surface area contributed by atoms with Gasteiger partial charge in [0.05, 0.1) is 6.61 Å². The van der Waals surface area contributed by atoms with Crippen molar-refractivity contribution in [2.24, 2.45) is 10.8 Å². The molecule has 1 N–H and O–H groups in total. The Balaban J connectivity index is 0. The number of carbonyl (C=O) groups is 2. The Kier molecular flexibility index (Phi) is 21.3. The van der Waals surface area contributed by atoms with Crippen LogP contribution >= 0.6 is 0 Å². The molecule has 0 aliphatic heterocycles. The average molecular weight is 457 g/mol. The Morgan fingerprint density at radius 3 is 1.53 bits per heavy atom. The zero-order valence-electron chi connectivity index (χ0n) is 22.7. The quantitative estimate of drug-likeness (QED) is 0.175. The van der Waals surface area contributed by atoms with Crippen LogP contribution in [0.4, 0.5) is 0 Å². The SMILES string of the molecule is CC(C)(C)CCCCCC(=O)O.CCCCCCCCOC(=O)CCCCCC(C)(C)C. The molecule has 4 heteroatoms. The molecular formula is C28H56O4. The minimum atomic E-state index is -0.675. The monoisotopic (exact) mass is 456 g/mol. The van der Waals surface area contributed by atoms with E-state index in [1.165, 1.54) is 51.4 Å². The second kappa shape index (κ2) is 20.5. The number of unbranched alkanes of at least 4 members (excludes halogenated alkanes) is 9. The lowest BCUT2D eigenvalue weighted by atomic mass is 9.89. The number of carboxylic acid groups (broad SMARTS) is 1. The van der Waals surface area contributed by atoms with E-state index in [-0.39, 0.29) is 5.97 Å². The summed E-state index contributed by atoms with van der Waals surface area (Å²) in [6.07, 6.45) is 17.1. The van der Waals surface area contributed by atoms with E-state index >= 15 is 0 Å². The highest BCUT2D eigenvalue weighted by Crippen LogP contribution is 2.23. The molecule has 0 aliphatic rings. The van der Waals surface area contributed by atoms with Gasteiger partial charge < -0.3 is 9.84 Å². The number of aliphatic carboxylic acids is 1. The third-order valence-corrected chi connectivity index (χ3v) is 5.39. The predicted molar refractivity (Wildman–Crippen MR) is 137 cm³/mol. The molecule has 0 saturated heterocycles. The molecule has 0 atom stereocenters. The summed E-state index contributed by atoms with van der Waals surface area (Å²) < 4.78 is 5.26. The highest BCUT2D eigenvalue weighted by atomic mass is 16.5. The van der Waals surface area contributed by atoms with Gasteiger partial charge in [0.25, 0.3) is 0 Å². The zero-order chi connectivity index (χ0) is 24.9. The first-order valence-corrected chi connectivity index (χ1v) is 13.2. The molecule has 0 fully saturated rings. The summed E-state index contributed by atoms with van der Waals surface area (Å²) in [5.41, 5.74) is 0.807. The van der Waals surface area contributed by atoms with Crippen LogP contribution in [0.15, 0.2) is 0 Å². The van der Waals surface area contributed by atoms with Crippen molar-refractivity contribution in [1.82, 2.24) is 0 Å². The fraction of sp³-hybridized carbons (Fsp3) is 0.929. The van der Waals surface area contributed by atoms with Crippen LogP contribution in [0, 0.1) is 10.8 Å². The van der Waals surface area contributed by atoms with E-state index in [1.54, 1.807) is 0 Å². The largest absolute Gasteiger partial charge is 0.481 e. The molecule has 0 aromatic rings. The van der Waals surface area contributed by atoms with Crippen molar-refractivity contribution in [1.29, 1.82) is 0 Å². The van der Waals surface area contributed by atoms with Crippen molar-refractivity contribution in [3.8, 4) is 0 Å². The Hall–Kier alpha value is -1.06. The Bertz CT molecular complexity index is 443. The first kappa shape index (κ1) is 33.1. The molecular weight excluding hydrogens is 400 g/mol. The van der Waals surface area contributed by atoms with E-state index in [2.05, 4.69) is 48.5 Å². The predicted octanol–water partition coefficient (Wildman–Crippen LogP) is 8.95. The topological polar surface area (TPSA) is 63.6 Å². The number of rotatable bonds is 17. The lowest BCUT2D eigenvalue weighted by molar-refractivity contribution is -0.144. The van der Waals surface area contributed by atoms with Gasteiger partial charge in [-0.15, -0.1) is 0 Å². The van der Waals surface area contributed by atoms with Gasteiger partial charge in [0.1, 0.15) is 0 Å². The standard InChI is InChI=1S/C18H36O2.C10H20O2/c1-5-6-7-8-9-13-16-20-17(19)14-11-10-12-15-18(2,3)4;1-10(2,3)8-6-4-5-7-9(11)12/h5-16H2,1-4H3;4-8H2,1-3H3,(H,11,12). The van der Waals surface area contributed by atoms with Gasteiger partial charge in [0.2, 0.25) is 0 Å². The average Bonchev–Trinajstić information content (AvgIpc) is 2.65. The van der Waals surface area contributed by atoms with Crippen LogP contribution in [0.5, 0.6) is 0 Å². The molecule has 4 nitrogen and oxygen atoms in total. The highest BCUT2D eigenvalue weighted by Gasteiger charge is 2.10. The molecule has 0 aromatic carbocycles. The van der Waals surface area contributed by atoms with Crippen molar-refractivity contribution >= 4 is 11.9 Å². The van der Waals surface area contributed by atoms with Crippen molar-refractivity contribution < 1.29 is 19.4 Å². The Morgan fingerprint density at radius 1 is 0.625 bits per heavy atom. The molecule has 0 rings (SSSR count). The van der Waals surface area contributed by atoms with Crippen molar-refractivity contribution in [3.05, 3.63) is 0 Å². The van der Waals surface area contributed by atoms with Gasteiger partial charge in [-0.25, -0.2) is 0 Å². The van der Waals surface area contributed by atoms with Gasteiger partial charge in [0.15, 0.2) is 0 Å². The molecule has 0 radical (unpaired) electrons. The minimum absolute atomic E-state index is 0.00526. The summed E-state index contributed by atoms with van der Waals surface area (Å²) in [6.45, 7) is 16.3. The molecule has 0 heterocycles. The highest BCUT2D eigenvalue weighted by molar-refractivity contribution is 5.69. The lowest BCUT2D eigenvalue weighted by Gasteiger charge is -2.17. The minimum Gasteiger partial charge on any atom is -0.481 e. The molecule has 32 heavy (non-hydrogen) atoms. The Morgan fingerprint density at radius 2 is 1.06 bits per heavy atom. The van der Waals surface area contributed by atoms with Gasteiger partial charge in [-0.2, -0.15) is 0 Å². The van der Waals surface area contributed by atoms with Gasteiger partial charge in [-0.3, -0.25) is 9.59 Å². The summed E-state index contributed by atoms with van der Waals surface area (Å²) in [6, 6.07) is 0. The van der Waals surface area contributed by atoms with E-state index in [0.717, 1.165) is 38.5 Å². The van der Waals surface area contributed by atoms with Crippen molar-refractivity contribution in [2.75, 3.05) is 6.61 Å². The van der Waals surface area contributed by atoms with Crippen molar-refractivity contribution in [3.63, 3.8) is 0 Å². The number of hydrogen-bond acceptors (Lipinski definition) is 3. The van der Waals surface area contributed by atoms with Gasteiger partial charge >= 0.3 is 11.9 Å².